The predicted octanol–water partition coefficient (Wildman–Crippen LogP) is 5.47. The van der Waals surface area contributed by atoms with Crippen molar-refractivity contribution in [3.05, 3.63) is 76.7 Å². The van der Waals surface area contributed by atoms with Crippen molar-refractivity contribution in [2.75, 3.05) is 11.9 Å². The van der Waals surface area contributed by atoms with E-state index in [0.717, 1.165) is 16.7 Å². The largest absolute Gasteiger partial charge is 0.462 e. The topological polar surface area (TPSA) is 55.4 Å². The first-order chi connectivity index (χ1) is 13.6. The number of aryl methyl sites for hydroxylation is 2. The van der Waals surface area contributed by atoms with Gasteiger partial charge in [-0.1, -0.05) is 60.2 Å². The van der Waals surface area contributed by atoms with Crippen molar-refractivity contribution in [1.82, 2.24) is 0 Å². The van der Waals surface area contributed by atoms with Gasteiger partial charge in [0, 0.05) is 17.4 Å². The highest BCUT2D eigenvalue weighted by Crippen LogP contribution is 2.36. The molecule has 1 amide bonds. The molecule has 28 heavy (non-hydrogen) atoms. The van der Waals surface area contributed by atoms with Gasteiger partial charge in [0.15, 0.2) is 0 Å². The van der Waals surface area contributed by atoms with Gasteiger partial charge in [-0.25, -0.2) is 4.79 Å². The van der Waals surface area contributed by atoms with Gasteiger partial charge in [0.05, 0.1) is 6.61 Å². The second kappa shape index (κ2) is 9.33. The van der Waals surface area contributed by atoms with Gasteiger partial charge in [-0.2, -0.15) is 0 Å². The van der Waals surface area contributed by atoms with Gasteiger partial charge in [-0.15, -0.1) is 11.3 Å². The molecule has 0 radical (unpaired) electrons. The summed E-state index contributed by atoms with van der Waals surface area (Å²) in [6.07, 6.45) is 1.00. The number of esters is 1. The first-order valence-electron chi connectivity index (χ1n) is 9.28. The summed E-state index contributed by atoms with van der Waals surface area (Å²) < 4.78 is 5.23. The van der Waals surface area contributed by atoms with Crippen LogP contribution in [0.15, 0.2) is 60.0 Å². The third-order valence-electron chi connectivity index (χ3n) is 4.37. The van der Waals surface area contributed by atoms with Gasteiger partial charge >= 0.3 is 5.97 Å². The lowest BCUT2D eigenvalue weighted by molar-refractivity contribution is -0.116. The SMILES string of the molecule is CCOC(=O)c1c(-c2ccccc2)csc1NC(=O)CCc1ccc(C)cc1. The Labute approximate surface area is 169 Å². The maximum Gasteiger partial charge on any atom is 0.341 e. The molecule has 0 aliphatic heterocycles. The lowest BCUT2D eigenvalue weighted by Crippen LogP contribution is -2.15. The van der Waals surface area contributed by atoms with Crippen LogP contribution in [0.25, 0.3) is 11.1 Å². The number of carbonyl (C=O) groups is 2. The van der Waals surface area contributed by atoms with Gasteiger partial charge in [-0.3, -0.25) is 4.79 Å². The normalized spacial score (nSPS) is 10.5. The molecule has 0 aliphatic carbocycles. The van der Waals surface area contributed by atoms with E-state index in [9.17, 15) is 9.59 Å². The maximum atomic E-state index is 12.5. The van der Waals surface area contributed by atoms with Crippen LogP contribution in [0.2, 0.25) is 0 Å². The molecule has 0 saturated heterocycles. The molecule has 1 aromatic heterocycles. The molecule has 0 spiro atoms. The Morgan fingerprint density at radius 2 is 1.75 bits per heavy atom. The summed E-state index contributed by atoms with van der Waals surface area (Å²) in [5.41, 5.74) is 4.42. The molecule has 1 N–H and O–H groups in total. The Morgan fingerprint density at radius 3 is 2.43 bits per heavy atom. The molecule has 0 aliphatic rings. The monoisotopic (exact) mass is 393 g/mol. The third-order valence-corrected chi connectivity index (χ3v) is 5.27. The molecule has 0 bridgehead atoms. The molecule has 5 heteroatoms. The van der Waals surface area contributed by atoms with Crippen molar-refractivity contribution >= 4 is 28.2 Å². The number of carbonyl (C=O) groups excluding carboxylic acids is 2. The number of hydrogen-bond acceptors (Lipinski definition) is 4. The third kappa shape index (κ3) is 4.87. The fourth-order valence-corrected chi connectivity index (χ4v) is 3.86. The van der Waals surface area contributed by atoms with Crippen LogP contribution in [0, 0.1) is 6.92 Å². The van der Waals surface area contributed by atoms with Crippen molar-refractivity contribution in [2.24, 2.45) is 0 Å². The van der Waals surface area contributed by atoms with E-state index >= 15 is 0 Å². The van der Waals surface area contributed by atoms with Gasteiger partial charge in [0.1, 0.15) is 10.6 Å². The average molecular weight is 394 g/mol. The molecule has 0 atom stereocenters. The van der Waals surface area contributed by atoms with Crippen molar-refractivity contribution < 1.29 is 14.3 Å². The average Bonchev–Trinajstić information content (AvgIpc) is 3.12. The fraction of sp³-hybridized carbons (Fsp3) is 0.217. The van der Waals surface area contributed by atoms with E-state index in [-0.39, 0.29) is 12.5 Å². The number of ether oxygens (including phenoxy) is 1. The van der Waals surface area contributed by atoms with Crippen LogP contribution in [0.3, 0.4) is 0 Å². The summed E-state index contributed by atoms with van der Waals surface area (Å²) in [6, 6.07) is 17.8. The molecular weight excluding hydrogens is 370 g/mol. The molecule has 0 unspecified atom stereocenters. The van der Waals surface area contributed by atoms with Crippen LogP contribution < -0.4 is 5.32 Å². The minimum Gasteiger partial charge on any atom is -0.462 e. The number of anilines is 1. The van der Waals surface area contributed by atoms with Crippen LogP contribution in [0.4, 0.5) is 5.00 Å². The summed E-state index contributed by atoms with van der Waals surface area (Å²) in [6.45, 7) is 4.09. The van der Waals surface area contributed by atoms with Gasteiger partial charge in [0.25, 0.3) is 0 Å². The molecule has 144 valence electrons. The van der Waals surface area contributed by atoms with E-state index in [0.29, 0.717) is 23.4 Å². The van der Waals surface area contributed by atoms with E-state index in [1.807, 2.05) is 66.9 Å². The second-order valence-electron chi connectivity index (χ2n) is 6.47. The van der Waals surface area contributed by atoms with Crippen LogP contribution in [0.1, 0.15) is 34.8 Å². The van der Waals surface area contributed by atoms with E-state index in [2.05, 4.69) is 5.32 Å². The minimum absolute atomic E-state index is 0.118. The molecule has 0 fully saturated rings. The lowest BCUT2D eigenvalue weighted by atomic mass is 10.0. The van der Waals surface area contributed by atoms with Crippen molar-refractivity contribution in [3.8, 4) is 11.1 Å². The van der Waals surface area contributed by atoms with Crippen molar-refractivity contribution in [1.29, 1.82) is 0 Å². The number of hydrogen-bond donors (Lipinski definition) is 1. The Bertz CT molecular complexity index is 946. The number of rotatable bonds is 7. The highest BCUT2D eigenvalue weighted by atomic mass is 32.1. The lowest BCUT2D eigenvalue weighted by Gasteiger charge is -2.09. The Hall–Kier alpha value is -2.92. The summed E-state index contributed by atoms with van der Waals surface area (Å²) in [5.74, 6) is -0.538. The first kappa shape index (κ1) is 19.8. The summed E-state index contributed by atoms with van der Waals surface area (Å²) in [5, 5.41) is 5.32. The zero-order valence-corrected chi connectivity index (χ0v) is 16.8. The Balaban J connectivity index is 1.77. The zero-order valence-electron chi connectivity index (χ0n) is 16.0. The van der Waals surface area contributed by atoms with Crippen LogP contribution >= 0.6 is 11.3 Å². The molecule has 0 saturated carbocycles. The quantitative estimate of drug-likeness (QED) is 0.542. The standard InChI is InChI=1S/C23H23NO3S/c1-3-27-23(26)21-19(18-7-5-4-6-8-18)15-28-22(21)24-20(25)14-13-17-11-9-16(2)10-12-17/h4-12,15H,3,13-14H2,1-2H3,(H,24,25). The summed E-state index contributed by atoms with van der Waals surface area (Å²) in [4.78, 5) is 25.0. The van der Waals surface area contributed by atoms with Crippen LogP contribution in [-0.4, -0.2) is 18.5 Å². The van der Waals surface area contributed by atoms with E-state index in [1.165, 1.54) is 16.9 Å². The smallest absolute Gasteiger partial charge is 0.341 e. The number of amides is 1. The molecule has 3 aromatic rings. The van der Waals surface area contributed by atoms with E-state index in [1.54, 1.807) is 6.92 Å². The number of thiophene rings is 1. The molecule has 4 nitrogen and oxygen atoms in total. The zero-order chi connectivity index (χ0) is 19.9. The number of benzene rings is 2. The van der Waals surface area contributed by atoms with Crippen LogP contribution in [-0.2, 0) is 16.0 Å². The molecule has 1 heterocycles. The van der Waals surface area contributed by atoms with Gasteiger partial charge in [0.2, 0.25) is 5.91 Å². The second-order valence-corrected chi connectivity index (χ2v) is 7.35. The summed E-state index contributed by atoms with van der Waals surface area (Å²) in [7, 11) is 0. The Kier molecular flexibility index (Phi) is 6.61. The maximum absolute atomic E-state index is 12.5. The Morgan fingerprint density at radius 1 is 1.04 bits per heavy atom. The minimum atomic E-state index is -0.420. The summed E-state index contributed by atoms with van der Waals surface area (Å²) >= 11 is 1.34. The van der Waals surface area contributed by atoms with Crippen molar-refractivity contribution in [2.45, 2.75) is 26.7 Å². The predicted molar refractivity (Wildman–Crippen MR) is 114 cm³/mol. The van der Waals surface area contributed by atoms with Crippen molar-refractivity contribution in [3.63, 3.8) is 0 Å². The highest BCUT2D eigenvalue weighted by molar-refractivity contribution is 7.15. The molecule has 3 rings (SSSR count). The fourth-order valence-electron chi connectivity index (χ4n) is 2.89. The van der Waals surface area contributed by atoms with Gasteiger partial charge < -0.3 is 10.1 Å². The molecule has 2 aromatic carbocycles. The van der Waals surface area contributed by atoms with E-state index in [4.69, 9.17) is 4.74 Å². The van der Waals surface area contributed by atoms with Gasteiger partial charge in [-0.05, 0) is 31.4 Å². The molecular formula is C23H23NO3S. The van der Waals surface area contributed by atoms with Crippen LogP contribution in [0.5, 0.6) is 0 Å². The first-order valence-corrected chi connectivity index (χ1v) is 10.2. The van der Waals surface area contributed by atoms with E-state index < -0.39 is 5.97 Å². The highest BCUT2D eigenvalue weighted by Gasteiger charge is 2.22. The number of nitrogens with one attached hydrogen (secondary N) is 1.